The highest BCUT2D eigenvalue weighted by Gasteiger charge is 2.28. The molecule has 0 N–H and O–H groups in total. The van der Waals surface area contributed by atoms with Crippen LogP contribution in [0.5, 0.6) is 0 Å². The smallest absolute Gasteiger partial charge is 0.359 e. The minimum absolute atomic E-state index is 0.196. The molecule has 0 aromatic rings. The highest BCUT2D eigenvalue weighted by atomic mass is 32.2. The van der Waals surface area contributed by atoms with Gasteiger partial charge in [-0.05, 0) is 44.5 Å². The molecular weight excluding hydrogens is 240 g/mol. The van der Waals surface area contributed by atoms with Crippen molar-refractivity contribution in [2.75, 3.05) is 24.1 Å². The lowest BCUT2D eigenvalue weighted by atomic mass is 9.98. The van der Waals surface area contributed by atoms with Crippen LogP contribution in [0.3, 0.4) is 0 Å². The first-order valence-corrected chi connectivity index (χ1v) is 7.60. The van der Waals surface area contributed by atoms with E-state index in [1.54, 1.807) is 20.8 Å². The lowest BCUT2D eigenvalue weighted by molar-refractivity contribution is -0.171. The molecule has 1 fully saturated rings. The average Bonchev–Trinajstić information content (AvgIpc) is 2.68. The number of ether oxygens (including phenoxy) is 2. The zero-order valence-corrected chi connectivity index (χ0v) is 11.6. The maximum absolute atomic E-state index is 11.4. The molecule has 0 bridgehead atoms. The summed E-state index contributed by atoms with van der Waals surface area (Å²) in [6, 6.07) is 0. The summed E-state index contributed by atoms with van der Waals surface area (Å²) in [6.45, 7) is 5.03. The topological polar surface area (TPSA) is 52.6 Å². The molecule has 17 heavy (non-hydrogen) atoms. The third kappa shape index (κ3) is 5.44. The normalized spacial score (nSPS) is 16.9. The van der Waals surface area contributed by atoms with Crippen molar-refractivity contribution >= 4 is 22.8 Å². The Morgan fingerprint density at radius 2 is 1.71 bits per heavy atom. The zero-order valence-electron chi connectivity index (χ0n) is 10.8. The molecule has 1 rings (SSSR count). The van der Waals surface area contributed by atoms with Crippen molar-refractivity contribution < 1.29 is 19.1 Å². The standard InChI is InChI=1S/C12H21O4S/c1-12(2,3)11(14)16-9-15-10(13)8-17-6-4-5-7-17/h4-9H2,1-3H3/q+1. The van der Waals surface area contributed by atoms with Crippen LogP contribution in [0.25, 0.3) is 0 Å². The summed E-state index contributed by atoms with van der Waals surface area (Å²) >= 11 is 0. The summed E-state index contributed by atoms with van der Waals surface area (Å²) in [4.78, 5) is 22.8. The van der Waals surface area contributed by atoms with E-state index in [-0.39, 0.29) is 29.6 Å². The van der Waals surface area contributed by atoms with Crippen LogP contribution in [0.1, 0.15) is 33.6 Å². The van der Waals surface area contributed by atoms with Crippen LogP contribution in [0, 0.1) is 5.41 Å². The monoisotopic (exact) mass is 261 g/mol. The lowest BCUT2D eigenvalue weighted by Gasteiger charge is -2.16. The van der Waals surface area contributed by atoms with Gasteiger partial charge in [0.1, 0.15) is 11.5 Å². The molecule has 0 aliphatic carbocycles. The molecule has 4 nitrogen and oxygen atoms in total. The molecule has 1 aliphatic rings. The molecule has 0 amide bonds. The number of carbonyl (C=O) groups excluding carboxylic acids is 2. The Morgan fingerprint density at radius 3 is 2.24 bits per heavy atom. The van der Waals surface area contributed by atoms with Gasteiger partial charge in [-0.1, -0.05) is 0 Å². The number of esters is 2. The van der Waals surface area contributed by atoms with E-state index in [2.05, 4.69) is 0 Å². The first-order valence-electron chi connectivity index (χ1n) is 5.86. The van der Waals surface area contributed by atoms with E-state index < -0.39 is 5.41 Å². The van der Waals surface area contributed by atoms with Crippen molar-refractivity contribution in [3.05, 3.63) is 0 Å². The molecule has 98 valence electrons. The molecule has 0 atom stereocenters. The van der Waals surface area contributed by atoms with Crippen molar-refractivity contribution in [2.45, 2.75) is 33.6 Å². The fourth-order valence-corrected chi connectivity index (χ4v) is 3.57. The molecule has 5 heteroatoms. The van der Waals surface area contributed by atoms with Gasteiger partial charge in [0.15, 0.2) is 0 Å². The van der Waals surface area contributed by atoms with Crippen molar-refractivity contribution in [3.8, 4) is 0 Å². The maximum Gasteiger partial charge on any atom is 0.359 e. The van der Waals surface area contributed by atoms with Crippen LogP contribution in [0.2, 0.25) is 0 Å². The largest absolute Gasteiger partial charge is 0.427 e. The number of rotatable bonds is 4. The Morgan fingerprint density at radius 1 is 1.12 bits per heavy atom. The predicted molar refractivity (Wildman–Crippen MR) is 67.7 cm³/mol. The number of carbonyl (C=O) groups is 2. The zero-order chi connectivity index (χ0) is 12.9. The summed E-state index contributed by atoms with van der Waals surface area (Å²) in [5.41, 5.74) is -0.556. The van der Waals surface area contributed by atoms with Gasteiger partial charge >= 0.3 is 11.9 Å². The van der Waals surface area contributed by atoms with Gasteiger partial charge < -0.3 is 9.47 Å². The van der Waals surface area contributed by atoms with Gasteiger partial charge in [-0.25, -0.2) is 4.79 Å². The number of hydrogen-bond donors (Lipinski definition) is 0. The van der Waals surface area contributed by atoms with E-state index >= 15 is 0 Å². The Hall–Kier alpha value is -0.710. The average molecular weight is 261 g/mol. The Kier molecular flexibility index (Phi) is 5.31. The van der Waals surface area contributed by atoms with Gasteiger partial charge in [-0.3, -0.25) is 4.79 Å². The maximum atomic E-state index is 11.4. The van der Waals surface area contributed by atoms with Gasteiger partial charge in [-0.2, -0.15) is 0 Å². The van der Waals surface area contributed by atoms with E-state index in [9.17, 15) is 9.59 Å². The molecule has 0 radical (unpaired) electrons. The highest BCUT2D eigenvalue weighted by molar-refractivity contribution is 7.97. The second-order valence-electron chi connectivity index (χ2n) is 5.19. The third-order valence-corrected chi connectivity index (χ3v) is 4.84. The molecule has 0 spiro atoms. The lowest BCUT2D eigenvalue weighted by Crippen LogP contribution is -2.26. The first kappa shape index (κ1) is 14.4. The summed E-state index contributed by atoms with van der Waals surface area (Å²) in [5, 5.41) is 0. The quantitative estimate of drug-likeness (QED) is 0.437. The van der Waals surface area contributed by atoms with Gasteiger partial charge in [0, 0.05) is 0 Å². The van der Waals surface area contributed by atoms with E-state index in [1.807, 2.05) is 0 Å². The third-order valence-electron chi connectivity index (χ3n) is 2.46. The Labute approximate surface area is 105 Å². The molecule has 0 unspecified atom stereocenters. The Balaban J connectivity index is 2.13. The van der Waals surface area contributed by atoms with Crippen LogP contribution in [0.4, 0.5) is 0 Å². The van der Waals surface area contributed by atoms with Crippen molar-refractivity contribution in [3.63, 3.8) is 0 Å². The summed E-state index contributed by atoms with van der Waals surface area (Å²) in [7, 11) is 0.196. The molecular formula is C12H21O4S+. The fraction of sp³-hybridized carbons (Fsp3) is 0.833. The molecule has 0 aromatic carbocycles. The fourth-order valence-electron chi connectivity index (χ4n) is 1.43. The second-order valence-corrected chi connectivity index (χ2v) is 7.52. The van der Waals surface area contributed by atoms with Crippen LogP contribution in [-0.4, -0.2) is 36.0 Å². The molecule has 1 heterocycles. The Bertz CT molecular complexity index is 277. The SMILES string of the molecule is CC(C)(C)C(=O)OCOC(=O)C[S+]1CCCC1. The molecule has 1 aliphatic heterocycles. The second kappa shape index (κ2) is 6.28. The summed E-state index contributed by atoms with van der Waals surface area (Å²) in [5.74, 6) is 2.14. The van der Waals surface area contributed by atoms with Crippen LogP contribution in [-0.2, 0) is 30.0 Å². The first-order chi connectivity index (χ1) is 7.89. The molecule has 0 saturated carbocycles. The van der Waals surface area contributed by atoms with E-state index in [4.69, 9.17) is 9.47 Å². The van der Waals surface area contributed by atoms with Crippen molar-refractivity contribution in [1.82, 2.24) is 0 Å². The van der Waals surface area contributed by atoms with E-state index in [0.717, 1.165) is 11.5 Å². The van der Waals surface area contributed by atoms with Crippen LogP contribution in [0.15, 0.2) is 0 Å². The van der Waals surface area contributed by atoms with Gasteiger partial charge in [-0.15, -0.1) is 0 Å². The van der Waals surface area contributed by atoms with Gasteiger partial charge in [0.05, 0.1) is 5.41 Å². The highest BCUT2D eigenvalue weighted by Crippen LogP contribution is 2.15. The molecule has 1 saturated heterocycles. The van der Waals surface area contributed by atoms with Crippen LogP contribution >= 0.6 is 0 Å². The summed E-state index contributed by atoms with van der Waals surface area (Å²) in [6.07, 6.45) is 2.44. The van der Waals surface area contributed by atoms with E-state index in [1.165, 1.54) is 12.8 Å². The minimum Gasteiger partial charge on any atom is -0.427 e. The number of hydrogen-bond acceptors (Lipinski definition) is 4. The van der Waals surface area contributed by atoms with Crippen molar-refractivity contribution in [2.24, 2.45) is 5.41 Å². The summed E-state index contributed by atoms with van der Waals surface area (Å²) < 4.78 is 9.76. The van der Waals surface area contributed by atoms with Gasteiger partial charge in [0.25, 0.3) is 0 Å². The van der Waals surface area contributed by atoms with Crippen molar-refractivity contribution in [1.29, 1.82) is 0 Å². The van der Waals surface area contributed by atoms with Crippen LogP contribution < -0.4 is 0 Å². The molecule has 0 aromatic heterocycles. The van der Waals surface area contributed by atoms with E-state index in [0.29, 0.717) is 5.75 Å². The van der Waals surface area contributed by atoms with Gasteiger partial charge in [0.2, 0.25) is 12.5 Å². The predicted octanol–water partition coefficient (Wildman–Crippen LogP) is 1.49. The minimum atomic E-state index is -0.556.